The number of piperazine rings is 1. The molecule has 5 nitrogen and oxygen atoms in total. The van der Waals surface area contributed by atoms with Crippen LogP contribution in [0.25, 0.3) is 0 Å². The maximum absolute atomic E-state index is 12.8. The van der Waals surface area contributed by atoms with Crippen LogP contribution in [-0.4, -0.2) is 62.1 Å². The average Bonchev–Trinajstić information content (AvgIpc) is 2.76. The van der Waals surface area contributed by atoms with Gasteiger partial charge >= 0.3 is 0 Å². The molecule has 1 unspecified atom stereocenters. The number of amides is 1. The Morgan fingerprint density at radius 1 is 1.17 bits per heavy atom. The second-order valence-electron chi connectivity index (χ2n) is 7.10. The van der Waals surface area contributed by atoms with Crippen molar-refractivity contribution in [3.63, 3.8) is 0 Å². The van der Waals surface area contributed by atoms with Crippen molar-refractivity contribution < 1.29 is 14.3 Å². The van der Waals surface area contributed by atoms with Crippen molar-refractivity contribution in [2.75, 3.05) is 46.4 Å². The third-order valence-electron chi connectivity index (χ3n) is 5.13. The van der Waals surface area contributed by atoms with Gasteiger partial charge in [-0.05, 0) is 35.9 Å². The van der Waals surface area contributed by atoms with Crippen molar-refractivity contribution in [3.05, 3.63) is 76.3 Å². The molecule has 7 heteroatoms. The summed E-state index contributed by atoms with van der Waals surface area (Å²) in [6, 6.07) is 12.9. The summed E-state index contributed by atoms with van der Waals surface area (Å²) in [4.78, 5) is 17.0. The molecule has 0 bridgehead atoms. The van der Waals surface area contributed by atoms with Crippen LogP contribution in [0.3, 0.4) is 0 Å². The number of carbonyl (C=O) groups is 1. The Labute approximate surface area is 187 Å². The molecule has 2 aromatic carbocycles. The van der Waals surface area contributed by atoms with E-state index in [2.05, 4.69) is 11.5 Å². The normalized spacial score (nSPS) is 15.6. The summed E-state index contributed by atoms with van der Waals surface area (Å²) in [7, 11) is 1.65. The highest BCUT2D eigenvalue weighted by Gasteiger charge is 2.26. The first-order valence-corrected chi connectivity index (χ1v) is 10.6. The second kappa shape index (κ2) is 10.8. The number of benzene rings is 2. The van der Waals surface area contributed by atoms with Gasteiger partial charge in [-0.2, -0.15) is 0 Å². The van der Waals surface area contributed by atoms with E-state index >= 15 is 0 Å². The lowest BCUT2D eigenvalue weighted by Crippen LogP contribution is -2.49. The van der Waals surface area contributed by atoms with E-state index in [-0.39, 0.29) is 12.0 Å². The number of rotatable bonds is 8. The molecule has 0 spiro atoms. The Morgan fingerprint density at radius 3 is 2.60 bits per heavy atom. The first kappa shape index (κ1) is 22.6. The summed E-state index contributed by atoms with van der Waals surface area (Å²) in [5, 5.41) is 0.898. The van der Waals surface area contributed by atoms with Crippen molar-refractivity contribution in [1.29, 1.82) is 0 Å². The Hall–Kier alpha value is -2.05. The molecule has 0 N–H and O–H groups in total. The predicted octanol–water partition coefficient (Wildman–Crippen LogP) is 4.70. The van der Waals surface area contributed by atoms with Crippen molar-refractivity contribution >= 4 is 29.1 Å². The highest BCUT2D eigenvalue weighted by Crippen LogP contribution is 2.25. The van der Waals surface area contributed by atoms with E-state index in [1.54, 1.807) is 31.4 Å². The number of ether oxygens (including phenoxy) is 2. The number of carbonyl (C=O) groups excluding carboxylic acids is 1. The van der Waals surface area contributed by atoms with Gasteiger partial charge in [0.2, 0.25) is 0 Å². The minimum atomic E-state index is -0.105. The maximum atomic E-state index is 12.8. The largest absolute Gasteiger partial charge is 0.497 e. The van der Waals surface area contributed by atoms with Crippen LogP contribution in [0.15, 0.2) is 55.1 Å². The Bertz CT molecular complexity index is 883. The van der Waals surface area contributed by atoms with Gasteiger partial charge in [0.25, 0.3) is 5.91 Å². The van der Waals surface area contributed by atoms with Crippen LogP contribution in [0, 0.1) is 0 Å². The summed E-state index contributed by atoms with van der Waals surface area (Å²) in [6.07, 6.45) is 1.64. The molecule has 1 atom stereocenters. The van der Waals surface area contributed by atoms with Crippen LogP contribution in [0.5, 0.6) is 5.75 Å². The molecule has 0 aromatic heterocycles. The van der Waals surface area contributed by atoms with Gasteiger partial charge in [-0.3, -0.25) is 9.69 Å². The molecule has 160 valence electrons. The van der Waals surface area contributed by atoms with E-state index in [0.29, 0.717) is 35.3 Å². The quantitative estimate of drug-likeness (QED) is 0.548. The lowest BCUT2D eigenvalue weighted by atomic mass is 10.1. The monoisotopic (exact) mass is 448 g/mol. The fourth-order valence-corrected chi connectivity index (χ4v) is 3.97. The summed E-state index contributed by atoms with van der Waals surface area (Å²) in [6.45, 7) is 7.72. The summed E-state index contributed by atoms with van der Waals surface area (Å²) in [5.74, 6) is 0.735. The number of methoxy groups -OCH3 is 1. The molecule has 0 radical (unpaired) electrons. The lowest BCUT2D eigenvalue weighted by molar-refractivity contribution is 0.0244. The van der Waals surface area contributed by atoms with E-state index in [1.165, 1.54) is 0 Å². The fraction of sp³-hybridized carbons (Fsp3) is 0.348. The van der Waals surface area contributed by atoms with E-state index < -0.39 is 0 Å². The van der Waals surface area contributed by atoms with Gasteiger partial charge in [0, 0.05) is 37.7 Å². The fourth-order valence-electron chi connectivity index (χ4n) is 3.48. The molecule has 1 amide bonds. The van der Waals surface area contributed by atoms with Crippen LogP contribution in [0.1, 0.15) is 22.0 Å². The molecule has 1 heterocycles. The van der Waals surface area contributed by atoms with Crippen molar-refractivity contribution in [1.82, 2.24) is 9.80 Å². The molecule has 0 saturated carbocycles. The zero-order valence-corrected chi connectivity index (χ0v) is 18.5. The summed E-state index contributed by atoms with van der Waals surface area (Å²) in [5.41, 5.74) is 1.54. The van der Waals surface area contributed by atoms with Crippen LogP contribution >= 0.6 is 23.2 Å². The molecule has 0 aliphatic carbocycles. The summed E-state index contributed by atoms with van der Waals surface area (Å²) >= 11 is 12.1. The van der Waals surface area contributed by atoms with E-state index in [0.717, 1.165) is 30.9 Å². The first-order chi connectivity index (χ1) is 14.5. The van der Waals surface area contributed by atoms with Crippen molar-refractivity contribution in [2.24, 2.45) is 0 Å². The molecule has 30 heavy (non-hydrogen) atoms. The van der Waals surface area contributed by atoms with Crippen molar-refractivity contribution in [3.8, 4) is 5.75 Å². The van der Waals surface area contributed by atoms with Crippen molar-refractivity contribution in [2.45, 2.75) is 6.10 Å². The van der Waals surface area contributed by atoms with Crippen LogP contribution in [-0.2, 0) is 4.74 Å². The van der Waals surface area contributed by atoms with Crippen LogP contribution < -0.4 is 4.74 Å². The SMILES string of the molecule is C=CCOC(CN1CCN(C(=O)c2ccc(Cl)cc2Cl)CC1)c1cccc(OC)c1. The standard InChI is InChI=1S/C23H26Cl2N2O3/c1-3-13-30-22(17-5-4-6-19(14-17)29-2)16-26-9-11-27(12-10-26)23(28)20-8-7-18(24)15-21(20)25/h3-8,14-15,22H,1,9-13,16H2,2H3. The molecule has 1 aliphatic rings. The van der Waals surface area contributed by atoms with Gasteiger partial charge < -0.3 is 14.4 Å². The van der Waals surface area contributed by atoms with Gasteiger partial charge in [0.05, 0.1) is 30.4 Å². The topological polar surface area (TPSA) is 42.0 Å². The number of hydrogen-bond acceptors (Lipinski definition) is 4. The molecule has 1 saturated heterocycles. The zero-order valence-electron chi connectivity index (χ0n) is 17.0. The Morgan fingerprint density at radius 2 is 1.93 bits per heavy atom. The highest BCUT2D eigenvalue weighted by atomic mass is 35.5. The average molecular weight is 449 g/mol. The third-order valence-corrected chi connectivity index (χ3v) is 5.67. The minimum Gasteiger partial charge on any atom is -0.497 e. The summed E-state index contributed by atoms with van der Waals surface area (Å²) < 4.78 is 11.4. The molecular formula is C23H26Cl2N2O3. The predicted molar refractivity (Wildman–Crippen MR) is 121 cm³/mol. The zero-order chi connectivity index (χ0) is 21.5. The van der Waals surface area contributed by atoms with Gasteiger partial charge in [0.15, 0.2) is 0 Å². The molecule has 3 rings (SSSR count). The Balaban J connectivity index is 1.62. The maximum Gasteiger partial charge on any atom is 0.255 e. The van der Waals surface area contributed by atoms with Crippen LogP contribution in [0.2, 0.25) is 10.0 Å². The number of halogens is 2. The van der Waals surface area contributed by atoms with Crippen LogP contribution in [0.4, 0.5) is 0 Å². The number of nitrogens with zero attached hydrogens (tertiary/aromatic N) is 2. The number of hydrogen-bond donors (Lipinski definition) is 0. The second-order valence-corrected chi connectivity index (χ2v) is 7.95. The highest BCUT2D eigenvalue weighted by molar-refractivity contribution is 6.36. The smallest absolute Gasteiger partial charge is 0.255 e. The van der Waals surface area contributed by atoms with Gasteiger partial charge in [-0.25, -0.2) is 0 Å². The van der Waals surface area contributed by atoms with Gasteiger partial charge in [-0.1, -0.05) is 41.4 Å². The molecule has 1 fully saturated rings. The third kappa shape index (κ3) is 5.76. The van der Waals surface area contributed by atoms with Gasteiger partial charge in [0.1, 0.15) is 5.75 Å². The Kier molecular flexibility index (Phi) is 8.16. The van der Waals surface area contributed by atoms with E-state index in [4.69, 9.17) is 32.7 Å². The first-order valence-electron chi connectivity index (χ1n) is 9.85. The lowest BCUT2D eigenvalue weighted by Gasteiger charge is -2.36. The van der Waals surface area contributed by atoms with Gasteiger partial charge in [-0.15, -0.1) is 6.58 Å². The van der Waals surface area contributed by atoms with E-state index in [1.807, 2.05) is 29.2 Å². The molecule has 2 aromatic rings. The molecular weight excluding hydrogens is 423 g/mol. The minimum absolute atomic E-state index is 0.0661. The van der Waals surface area contributed by atoms with E-state index in [9.17, 15) is 4.79 Å². The molecule has 1 aliphatic heterocycles.